The molecule has 3 aromatic rings. The molecule has 7 heteroatoms. The molecule has 0 bridgehead atoms. The van der Waals surface area contributed by atoms with Crippen LogP contribution in [0.1, 0.15) is 28.6 Å². The van der Waals surface area contributed by atoms with Gasteiger partial charge in [-0.05, 0) is 49.6 Å². The molecule has 0 saturated heterocycles. The molecule has 1 aliphatic rings. The molecule has 2 atom stereocenters. The van der Waals surface area contributed by atoms with Crippen LogP contribution in [0, 0.1) is 20.8 Å². The molecule has 0 unspecified atom stereocenters. The zero-order valence-electron chi connectivity index (χ0n) is 15.4. The van der Waals surface area contributed by atoms with E-state index < -0.39 is 0 Å². The first-order valence-electron chi connectivity index (χ1n) is 8.81. The Kier molecular flexibility index (Phi) is 4.61. The van der Waals surface area contributed by atoms with Crippen LogP contribution in [0.15, 0.2) is 53.7 Å². The summed E-state index contributed by atoms with van der Waals surface area (Å²) in [6, 6.07) is 15.8. The second kappa shape index (κ2) is 7.08. The third-order valence-electron chi connectivity index (χ3n) is 4.79. The molecular formula is C20H21N5OS. The van der Waals surface area contributed by atoms with E-state index in [0.717, 1.165) is 22.6 Å². The number of hydrogen-bond donors (Lipinski definition) is 2. The van der Waals surface area contributed by atoms with E-state index in [4.69, 9.17) is 0 Å². The average molecular weight is 379 g/mol. The molecular weight excluding hydrogens is 358 g/mol. The van der Waals surface area contributed by atoms with Crippen molar-refractivity contribution in [2.45, 2.75) is 37.2 Å². The zero-order chi connectivity index (χ0) is 19.0. The maximum Gasteiger partial charge on any atom is 0.240 e. The Morgan fingerprint density at radius 3 is 2.59 bits per heavy atom. The van der Waals surface area contributed by atoms with E-state index >= 15 is 0 Å². The SMILES string of the molecule is Cc1ccc(NC(=O)[C@H]2Sc3nnc(C)n3N[C@H]2c2ccccc2)cc1C. The van der Waals surface area contributed by atoms with Gasteiger partial charge in [0.25, 0.3) is 0 Å². The number of rotatable bonds is 3. The van der Waals surface area contributed by atoms with Crippen molar-refractivity contribution in [2.75, 3.05) is 10.7 Å². The highest BCUT2D eigenvalue weighted by atomic mass is 32.2. The Balaban J connectivity index is 1.65. The van der Waals surface area contributed by atoms with Crippen molar-refractivity contribution in [3.05, 3.63) is 71.0 Å². The van der Waals surface area contributed by atoms with Gasteiger partial charge in [0.1, 0.15) is 11.1 Å². The van der Waals surface area contributed by atoms with Gasteiger partial charge in [-0.15, -0.1) is 10.2 Å². The van der Waals surface area contributed by atoms with Crippen molar-refractivity contribution in [1.29, 1.82) is 0 Å². The molecule has 1 aliphatic heterocycles. The predicted octanol–water partition coefficient (Wildman–Crippen LogP) is 3.60. The summed E-state index contributed by atoms with van der Waals surface area (Å²) in [6.45, 7) is 5.99. The monoisotopic (exact) mass is 379 g/mol. The van der Waals surface area contributed by atoms with Gasteiger partial charge in [-0.3, -0.25) is 4.79 Å². The number of thioether (sulfide) groups is 1. The summed E-state index contributed by atoms with van der Waals surface area (Å²) in [5, 5.41) is 11.7. The first-order valence-corrected chi connectivity index (χ1v) is 9.69. The van der Waals surface area contributed by atoms with E-state index in [2.05, 4.69) is 27.9 Å². The number of carbonyl (C=O) groups is 1. The lowest BCUT2D eigenvalue weighted by atomic mass is 10.0. The number of anilines is 1. The minimum Gasteiger partial charge on any atom is -0.325 e. The van der Waals surface area contributed by atoms with Crippen molar-refractivity contribution in [3.8, 4) is 0 Å². The molecule has 2 heterocycles. The first kappa shape index (κ1) is 17.6. The number of carbonyl (C=O) groups excluding carboxylic acids is 1. The van der Waals surface area contributed by atoms with Crippen LogP contribution in [0.3, 0.4) is 0 Å². The van der Waals surface area contributed by atoms with E-state index in [1.807, 2.05) is 67.1 Å². The van der Waals surface area contributed by atoms with Crippen molar-refractivity contribution in [1.82, 2.24) is 14.9 Å². The van der Waals surface area contributed by atoms with Gasteiger partial charge >= 0.3 is 0 Å². The number of benzene rings is 2. The summed E-state index contributed by atoms with van der Waals surface area (Å²) in [7, 11) is 0. The molecule has 6 nitrogen and oxygen atoms in total. The summed E-state index contributed by atoms with van der Waals surface area (Å²) in [6.07, 6.45) is 0. The quantitative estimate of drug-likeness (QED) is 0.727. The van der Waals surface area contributed by atoms with E-state index in [-0.39, 0.29) is 17.2 Å². The van der Waals surface area contributed by atoms with Gasteiger partial charge in [-0.25, -0.2) is 4.68 Å². The summed E-state index contributed by atoms with van der Waals surface area (Å²) < 4.78 is 1.85. The Labute approximate surface area is 162 Å². The van der Waals surface area contributed by atoms with Crippen molar-refractivity contribution in [2.24, 2.45) is 0 Å². The maximum atomic E-state index is 13.1. The Bertz CT molecular complexity index is 985. The number of hydrogen-bond acceptors (Lipinski definition) is 5. The molecule has 4 rings (SSSR count). The van der Waals surface area contributed by atoms with E-state index in [9.17, 15) is 4.79 Å². The highest BCUT2D eigenvalue weighted by Gasteiger charge is 2.37. The lowest BCUT2D eigenvalue weighted by Crippen LogP contribution is -2.41. The molecule has 27 heavy (non-hydrogen) atoms. The molecule has 138 valence electrons. The van der Waals surface area contributed by atoms with Crippen LogP contribution in [0.4, 0.5) is 5.69 Å². The van der Waals surface area contributed by atoms with Crippen molar-refractivity contribution in [3.63, 3.8) is 0 Å². The third-order valence-corrected chi connectivity index (χ3v) is 6.01. The molecule has 0 spiro atoms. The second-order valence-electron chi connectivity index (χ2n) is 6.71. The van der Waals surface area contributed by atoms with Gasteiger partial charge in [0, 0.05) is 5.69 Å². The first-order chi connectivity index (χ1) is 13.0. The Morgan fingerprint density at radius 1 is 1.07 bits per heavy atom. The molecule has 2 aromatic carbocycles. The second-order valence-corrected chi connectivity index (χ2v) is 7.82. The van der Waals surface area contributed by atoms with Gasteiger partial charge in [-0.2, -0.15) is 0 Å². The van der Waals surface area contributed by atoms with Gasteiger partial charge in [0.15, 0.2) is 0 Å². The molecule has 1 aromatic heterocycles. The number of aromatic nitrogens is 3. The summed E-state index contributed by atoms with van der Waals surface area (Å²) >= 11 is 1.43. The predicted molar refractivity (Wildman–Crippen MR) is 107 cm³/mol. The minimum absolute atomic E-state index is 0.0588. The zero-order valence-corrected chi connectivity index (χ0v) is 16.2. The van der Waals surface area contributed by atoms with Gasteiger partial charge in [0.05, 0.1) is 6.04 Å². The van der Waals surface area contributed by atoms with Crippen LogP contribution in [-0.2, 0) is 4.79 Å². The van der Waals surface area contributed by atoms with Crippen LogP contribution in [0.2, 0.25) is 0 Å². The van der Waals surface area contributed by atoms with Crippen LogP contribution in [-0.4, -0.2) is 26.0 Å². The summed E-state index contributed by atoms with van der Waals surface area (Å²) in [5.74, 6) is 0.711. The van der Waals surface area contributed by atoms with Gasteiger partial charge in [0.2, 0.25) is 11.1 Å². The summed E-state index contributed by atoms with van der Waals surface area (Å²) in [5.41, 5.74) is 7.61. The van der Waals surface area contributed by atoms with Crippen LogP contribution in [0.25, 0.3) is 0 Å². The number of nitrogens with zero attached hydrogens (tertiary/aromatic N) is 3. The maximum absolute atomic E-state index is 13.1. The third kappa shape index (κ3) is 3.42. The van der Waals surface area contributed by atoms with E-state index in [1.165, 1.54) is 17.3 Å². The lowest BCUT2D eigenvalue weighted by molar-refractivity contribution is -0.116. The number of nitrogens with one attached hydrogen (secondary N) is 2. The fourth-order valence-electron chi connectivity index (χ4n) is 3.10. The largest absolute Gasteiger partial charge is 0.325 e. The minimum atomic E-state index is -0.370. The van der Waals surface area contributed by atoms with E-state index in [1.54, 1.807) is 0 Å². The molecule has 0 saturated carbocycles. The lowest BCUT2D eigenvalue weighted by Gasteiger charge is -2.32. The molecule has 0 fully saturated rings. The van der Waals surface area contributed by atoms with Gasteiger partial charge < -0.3 is 10.7 Å². The topological polar surface area (TPSA) is 71.8 Å². The fraction of sp³-hybridized carbons (Fsp3) is 0.250. The number of amides is 1. The highest BCUT2D eigenvalue weighted by Crippen LogP contribution is 2.37. The molecule has 2 N–H and O–H groups in total. The Hall–Kier alpha value is -2.80. The standard InChI is InChI=1S/C20H21N5OS/c1-12-9-10-16(11-13(12)2)21-19(26)18-17(15-7-5-4-6-8-15)24-25-14(3)22-23-20(25)27-18/h4-11,17-18,24H,1-3H3,(H,21,26)/t17-,18-/m0/s1. The normalized spacial score (nSPS) is 18.5. The highest BCUT2D eigenvalue weighted by molar-refractivity contribution is 8.00. The number of fused-ring (bicyclic) bond motifs is 1. The van der Waals surface area contributed by atoms with Crippen LogP contribution in [0.5, 0.6) is 0 Å². The van der Waals surface area contributed by atoms with Gasteiger partial charge in [-0.1, -0.05) is 48.2 Å². The summed E-state index contributed by atoms with van der Waals surface area (Å²) in [4.78, 5) is 13.1. The molecule has 0 radical (unpaired) electrons. The average Bonchev–Trinajstić information content (AvgIpc) is 3.04. The fourth-order valence-corrected chi connectivity index (χ4v) is 4.23. The van der Waals surface area contributed by atoms with Crippen LogP contribution < -0.4 is 10.7 Å². The number of aryl methyl sites for hydroxylation is 3. The van der Waals surface area contributed by atoms with Crippen LogP contribution >= 0.6 is 11.8 Å². The van der Waals surface area contributed by atoms with Crippen molar-refractivity contribution < 1.29 is 4.79 Å². The Morgan fingerprint density at radius 2 is 1.85 bits per heavy atom. The molecule has 1 amide bonds. The smallest absolute Gasteiger partial charge is 0.240 e. The molecule has 0 aliphatic carbocycles. The van der Waals surface area contributed by atoms with E-state index in [0.29, 0.717) is 5.16 Å². The van der Waals surface area contributed by atoms with Crippen molar-refractivity contribution >= 4 is 23.4 Å².